The van der Waals surface area contributed by atoms with Crippen LogP contribution in [0.3, 0.4) is 0 Å². The summed E-state index contributed by atoms with van der Waals surface area (Å²) < 4.78 is 40.2. The molecule has 0 fully saturated rings. The normalized spacial score (nSPS) is 11.0. The van der Waals surface area contributed by atoms with Crippen LogP contribution < -0.4 is 4.74 Å². The molecule has 0 saturated carbocycles. The predicted molar refractivity (Wildman–Crippen MR) is 77.5 cm³/mol. The molecule has 0 radical (unpaired) electrons. The smallest absolute Gasteiger partial charge is 0.406 e. The molecule has 0 unspecified atom stereocenters. The summed E-state index contributed by atoms with van der Waals surface area (Å²) in [6.45, 7) is 1.96. The van der Waals surface area contributed by atoms with E-state index in [2.05, 4.69) is 9.72 Å². The Balaban J connectivity index is 2.28. The SMILES string of the molecule is CCSc1cc(-c2ccc(OC(F)(F)F)cc2)cnc1C#N. The molecule has 0 aliphatic carbocycles. The summed E-state index contributed by atoms with van der Waals surface area (Å²) >= 11 is 1.49. The minimum Gasteiger partial charge on any atom is -0.406 e. The van der Waals surface area contributed by atoms with Gasteiger partial charge in [0.15, 0.2) is 5.69 Å². The highest BCUT2D eigenvalue weighted by Gasteiger charge is 2.30. The van der Waals surface area contributed by atoms with Crippen molar-refractivity contribution in [1.29, 1.82) is 5.26 Å². The first-order chi connectivity index (χ1) is 10.4. The lowest BCUT2D eigenvalue weighted by Crippen LogP contribution is -2.16. The van der Waals surface area contributed by atoms with Crippen LogP contribution in [0.15, 0.2) is 41.4 Å². The van der Waals surface area contributed by atoms with Gasteiger partial charge in [-0.15, -0.1) is 24.9 Å². The summed E-state index contributed by atoms with van der Waals surface area (Å²) in [6, 6.07) is 9.35. The maximum Gasteiger partial charge on any atom is 0.573 e. The van der Waals surface area contributed by atoms with Gasteiger partial charge in [-0.2, -0.15) is 5.26 Å². The van der Waals surface area contributed by atoms with Crippen molar-refractivity contribution >= 4 is 11.8 Å². The van der Waals surface area contributed by atoms with Crippen LogP contribution in [-0.2, 0) is 0 Å². The number of nitrogens with zero attached hydrogens (tertiary/aromatic N) is 2. The van der Waals surface area contributed by atoms with Gasteiger partial charge in [0.05, 0.1) is 0 Å². The van der Waals surface area contributed by atoms with Crippen LogP contribution in [0.2, 0.25) is 0 Å². The molecule has 22 heavy (non-hydrogen) atoms. The highest BCUT2D eigenvalue weighted by Crippen LogP contribution is 2.29. The first kappa shape index (κ1) is 16.2. The Morgan fingerprint density at radius 2 is 1.91 bits per heavy atom. The lowest BCUT2D eigenvalue weighted by molar-refractivity contribution is -0.274. The molecule has 3 nitrogen and oxygen atoms in total. The fourth-order valence-corrected chi connectivity index (χ4v) is 2.56. The third-order valence-corrected chi connectivity index (χ3v) is 3.59. The van der Waals surface area contributed by atoms with E-state index in [1.165, 1.54) is 42.2 Å². The van der Waals surface area contributed by atoms with Crippen LogP contribution in [0.1, 0.15) is 12.6 Å². The van der Waals surface area contributed by atoms with Crippen LogP contribution in [0.5, 0.6) is 5.75 Å². The van der Waals surface area contributed by atoms with E-state index in [-0.39, 0.29) is 5.75 Å². The van der Waals surface area contributed by atoms with Gasteiger partial charge >= 0.3 is 6.36 Å². The third-order valence-electron chi connectivity index (χ3n) is 2.68. The fraction of sp³-hybridized carbons (Fsp3) is 0.200. The summed E-state index contributed by atoms with van der Waals surface area (Å²) in [6.07, 6.45) is -3.18. The number of alkyl halides is 3. The molecule has 1 heterocycles. The maximum absolute atomic E-state index is 12.1. The van der Waals surface area contributed by atoms with Gasteiger partial charge in [0.25, 0.3) is 0 Å². The average molecular weight is 324 g/mol. The van der Waals surface area contributed by atoms with Gasteiger partial charge < -0.3 is 4.74 Å². The number of thioether (sulfide) groups is 1. The monoisotopic (exact) mass is 324 g/mol. The topological polar surface area (TPSA) is 45.9 Å². The molecular formula is C15H11F3N2OS. The Labute approximate surface area is 129 Å². The van der Waals surface area contributed by atoms with Crippen LogP contribution in [0.4, 0.5) is 13.2 Å². The highest BCUT2D eigenvalue weighted by molar-refractivity contribution is 7.99. The number of halogens is 3. The number of hydrogen-bond donors (Lipinski definition) is 0. The van der Waals surface area contributed by atoms with Gasteiger partial charge in [-0.1, -0.05) is 19.1 Å². The summed E-state index contributed by atoms with van der Waals surface area (Å²) in [5, 5.41) is 9.00. The number of pyridine rings is 1. The molecule has 0 N–H and O–H groups in total. The second kappa shape index (κ2) is 6.71. The second-order valence-electron chi connectivity index (χ2n) is 4.19. The van der Waals surface area contributed by atoms with Crippen molar-refractivity contribution in [2.45, 2.75) is 18.2 Å². The molecule has 2 aromatic rings. The molecule has 0 amide bonds. The molecule has 114 valence electrons. The van der Waals surface area contributed by atoms with E-state index < -0.39 is 6.36 Å². The lowest BCUT2D eigenvalue weighted by atomic mass is 10.1. The van der Waals surface area contributed by atoms with Crippen molar-refractivity contribution in [2.24, 2.45) is 0 Å². The van der Waals surface area contributed by atoms with E-state index in [0.717, 1.165) is 16.2 Å². The van der Waals surface area contributed by atoms with E-state index in [4.69, 9.17) is 5.26 Å². The van der Waals surface area contributed by atoms with Gasteiger partial charge in [0.2, 0.25) is 0 Å². The molecule has 0 atom stereocenters. The molecular weight excluding hydrogens is 313 g/mol. The molecule has 0 aliphatic rings. The van der Waals surface area contributed by atoms with Gasteiger partial charge in [0.1, 0.15) is 11.8 Å². The minimum atomic E-state index is -4.71. The molecule has 0 spiro atoms. The van der Waals surface area contributed by atoms with Crippen LogP contribution in [-0.4, -0.2) is 17.1 Å². The predicted octanol–water partition coefficient (Wildman–Crippen LogP) is 4.63. The summed E-state index contributed by atoms with van der Waals surface area (Å²) in [4.78, 5) is 4.83. The third kappa shape index (κ3) is 4.15. The van der Waals surface area contributed by atoms with E-state index in [0.29, 0.717) is 11.3 Å². The molecule has 1 aromatic heterocycles. The number of nitriles is 1. The molecule has 0 bridgehead atoms. The molecule has 0 saturated heterocycles. The van der Waals surface area contributed by atoms with E-state index >= 15 is 0 Å². The van der Waals surface area contributed by atoms with Gasteiger partial charge in [-0.25, -0.2) is 4.98 Å². The average Bonchev–Trinajstić information content (AvgIpc) is 2.47. The van der Waals surface area contributed by atoms with Crippen LogP contribution >= 0.6 is 11.8 Å². The molecule has 1 aromatic carbocycles. The van der Waals surface area contributed by atoms with Crippen LogP contribution in [0.25, 0.3) is 11.1 Å². The van der Waals surface area contributed by atoms with Crippen molar-refractivity contribution in [3.8, 4) is 22.9 Å². The Morgan fingerprint density at radius 3 is 2.45 bits per heavy atom. The van der Waals surface area contributed by atoms with Gasteiger partial charge in [0, 0.05) is 16.7 Å². The zero-order valence-corrected chi connectivity index (χ0v) is 12.3. The first-order valence-corrected chi connectivity index (χ1v) is 7.30. The highest BCUT2D eigenvalue weighted by atomic mass is 32.2. The number of aromatic nitrogens is 1. The minimum absolute atomic E-state index is 0.277. The fourth-order valence-electron chi connectivity index (χ4n) is 1.80. The van der Waals surface area contributed by atoms with Gasteiger partial charge in [-0.3, -0.25) is 0 Å². The Bertz CT molecular complexity index is 693. The van der Waals surface area contributed by atoms with Crippen molar-refractivity contribution in [3.05, 3.63) is 42.2 Å². The summed E-state index contributed by atoms with van der Waals surface area (Å²) in [5.41, 5.74) is 1.77. The standard InChI is InChI=1S/C15H11F3N2OS/c1-2-22-14-7-11(9-20-13(14)8-19)10-3-5-12(6-4-10)21-15(16,17)18/h3-7,9H,2H2,1H3. The number of ether oxygens (including phenoxy) is 1. The zero-order valence-electron chi connectivity index (χ0n) is 11.5. The van der Waals surface area contributed by atoms with Crippen molar-refractivity contribution in [3.63, 3.8) is 0 Å². The zero-order chi connectivity index (χ0) is 16.2. The Morgan fingerprint density at radius 1 is 1.23 bits per heavy atom. The van der Waals surface area contributed by atoms with Crippen LogP contribution in [0, 0.1) is 11.3 Å². The molecule has 7 heteroatoms. The lowest BCUT2D eigenvalue weighted by Gasteiger charge is -2.10. The van der Waals surface area contributed by atoms with E-state index in [9.17, 15) is 13.2 Å². The Hall–Kier alpha value is -2.20. The summed E-state index contributed by atoms with van der Waals surface area (Å²) in [7, 11) is 0. The quantitative estimate of drug-likeness (QED) is 0.769. The Kier molecular flexibility index (Phi) is 4.93. The van der Waals surface area contributed by atoms with Gasteiger partial charge in [-0.05, 0) is 29.5 Å². The maximum atomic E-state index is 12.1. The number of benzene rings is 1. The number of rotatable bonds is 4. The van der Waals surface area contributed by atoms with E-state index in [1.54, 1.807) is 6.07 Å². The largest absolute Gasteiger partial charge is 0.573 e. The van der Waals surface area contributed by atoms with Crippen molar-refractivity contribution in [1.82, 2.24) is 4.98 Å². The molecule has 2 rings (SSSR count). The van der Waals surface area contributed by atoms with Crippen molar-refractivity contribution < 1.29 is 17.9 Å². The molecule has 0 aliphatic heterocycles. The summed E-state index contributed by atoms with van der Waals surface area (Å²) in [5.74, 6) is 0.513. The van der Waals surface area contributed by atoms with E-state index in [1.807, 2.05) is 13.0 Å². The second-order valence-corrected chi connectivity index (χ2v) is 5.49. The number of hydrogen-bond acceptors (Lipinski definition) is 4. The van der Waals surface area contributed by atoms with Crippen molar-refractivity contribution in [2.75, 3.05) is 5.75 Å². The first-order valence-electron chi connectivity index (χ1n) is 6.32.